The minimum atomic E-state index is 0.0378. The number of nitrogens with one attached hydrogen (secondary N) is 1. The summed E-state index contributed by atoms with van der Waals surface area (Å²) in [6.07, 6.45) is 0.773. The number of rotatable bonds is 4. The molecule has 2 atom stereocenters. The third-order valence-corrected chi connectivity index (χ3v) is 4.18. The van der Waals surface area contributed by atoms with E-state index in [9.17, 15) is 5.11 Å². The van der Waals surface area contributed by atoms with Crippen LogP contribution in [0.2, 0.25) is 0 Å². The Bertz CT molecular complexity index is 642. The molecule has 0 saturated heterocycles. The first-order valence-electron chi connectivity index (χ1n) is 7.43. The molecule has 22 heavy (non-hydrogen) atoms. The molecule has 116 valence electrons. The molecular weight excluding hydrogens is 278 g/mol. The summed E-state index contributed by atoms with van der Waals surface area (Å²) in [5.74, 6) is 1.46. The van der Waals surface area contributed by atoms with E-state index in [1.807, 2.05) is 30.3 Å². The second-order valence-electron chi connectivity index (χ2n) is 5.50. The van der Waals surface area contributed by atoms with E-state index in [2.05, 4.69) is 17.4 Å². The molecule has 0 unspecified atom stereocenters. The zero-order valence-corrected chi connectivity index (χ0v) is 12.9. The summed E-state index contributed by atoms with van der Waals surface area (Å²) in [4.78, 5) is 0. The first-order chi connectivity index (χ1) is 10.8. The normalized spacial score (nSPS) is 20.3. The SMILES string of the molecule is COc1cc2c(cc1OC)[C@H](c1ccccc1)N[C@H](CO)C2. The monoisotopic (exact) mass is 299 g/mol. The molecule has 0 aliphatic carbocycles. The van der Waals surface area contributed by atoms with Crippen LogP contribution in [0.3, 0.4) is 0 Å². The third-order valence-electron chi connectivity index (χ3n) is 4.18. The summed E-state index contributed by atoms with van der Waals surface area (Å²) in [7, 11) is 3.29. The van der Waals surface area contributed by atoms with Crippen LogP contribution in [0.1, 0.15) is 22.7 Å². The van der Waals surface area contributed by atoms with Crippen LogP contribution >= 0.6 is 0 Å². The second-order valence-corrected chi connectivity index (χ2v) is 5.50. The van der Waals surface area contributed by atoms with Gasteiger partial charge in [-0.2, -0.15) is 0 Å². The van der Waals surface area contributed by atoms with Crippen molar-refractivity contribution in [1.82, 2.24) is 5.32 Å². The van der Waals surface area contributed by atoms with Gasteiger partial charge in [0, 0.05) is 6.04 Å². The highest BCUT2D eigenvalue weighted by atomic mass is 16.5. The van der Waals surface area contributed by atoms with Crippen LogP contribution in [0.15, 0.2) is 42.5 Å². The number of hydrogen-bond acceptors (Lipinski definition) is 4. The van der Waals surface area contributed by atoms with Crippen LogP contribution in [-0.4, -0.2) is 32.0 Å². The third kappa shape index (κ3) is 2.67. The average Bonchev–Trinajstić information content (AvgIpc) is 2.60. The Morgan fingerprint density at radius 3 is 2.41 bits per heavy atom. The zero-order valence-electron chi connectivity index (χ0n) is 12.9. The molecule has 0 fully saturated rings. The van der Waals surface area contributed by atoms with Crippen molar-refractivity contribution < 1.29 is 14.6 Å². The molecule has 2 N–H and O–H groups in total. The Hall–Kier alpha value is -2.04. The van der Waals surface area contributed by atoms with Gasteiger partial charge in [-0.25, -0.2) is 0 Å². The molecular formula is C18H21NO3. The minimum absolute atomic E-state index is 0.0378. The Balaban J connectivity index is 2.10. The van der Waals surface area contributed by atoms with Gasteiger partial charge in [0.2, 0.25) is 0 Å². The molecule has 0 spiro atoms. The van der Waals surface area contributed by atoms with Crippen molar-refractivity contribution in [3.63, 3.8) is 0 Å². The van der Waals surface area contributed by atoms with Crippen molar-refractivity contribution in [2.75, 3.05) is 20.8 Å². The molecule has 1 heterocycles. The number of aliphatic hydroxyl groups is 1. The van der Waals surface area contributed by atoms with E-state index in [1.54, 1.807) is 14.2 Å². The van der Waals surface area contributed by atoms with Gasteiger partial charge in [-0.1, -0.05) is 30.3 Å². The van der Waals surface area contributed by atoms with E-state index >= 15 is 0 Å². The van der Waals surface area contributed by atoms with Crippen LogP contribution in [-0.2, 0) is 6.42 Å². The number of aliphatic hydroxyl groups excluding tert-OH is 1. The quantitative estimate of drug-likeness (QED) is 0.909. The molecule has 0 radical (unpaired) electrons. The summed E-state index contributed by atoms with van der Waals surface area (Å²) < 4.78 is 10.8. The van der Waals surface area contributed by atoms with Crippen molar-refractivity contribution in [1.29, 1.82) is 0 Å². The van der Waals surface area contributed by atoms with Gasteiger partial charge in [0.25, 0.3) is 0 Å². The second kappa shape index (κ2) is 6.38. The molecule has 0 amide bonds. The summed E-state index contributed by atoms with van der Waals surface area (Å²) in [5.41, 5.74) is 3.53. The zero-order chi connectivity index (χ0) is 15.5. The molecule has 2 aromatic rings. The van der Waals surface area contributed by atoms with Gasteiger partial charge in [0.15, 0.2) is 11.5 Å². The van der Waals surface area contributed by atoms with Crippen molar-refractivity contribution in [2.24, 2.45) is 0 Å². The summed E-state index contributed by atoms with van der Waals surface area (Å²) in [6, 6.07) is 14.4. The Morgan fingerprint density at radius 2 is 1.77 bits per heavy atom. The molecule has 3 rings (SSSR count). The van der Waals surface area contributed by atoms with E-state index in [0.717, 1.165) is 17.9 Å². The molecule has 1 aliphatic heterocycles. The van der Waals surface area contributed by atoms with Gasteiger partial charge in [-0.15, -0.1) is 0 Å². The minimum Gasteiger partial charge on any atom is -0.493 e. The maximum absolute atomic E-state index is 9.59. The highest BCUT2D eigenvalue weighted by molar-refractivity contribution is 5.51. The standard InChI is InChI=1S/C18H21NO3/c1-21-16-9-13-8-14(11-20)19-18(12-6-4-3-5-7-12)15(13)10-17(16)22-2/h3-7,9-10,14,18-20H,8,11H2,1-2H3/t14-,18-/m0/s1. The van der Waals surface area contributed by atoms with Gasteiger partial charge in [0.05, 0.1) is 26.9 Å². The summed E-state index contributed by atoms with van der Waals surface area (Å²) in [6.45, 7) is 0.108. The van der Waals surface area contributed by atoms with Crippen LogP contribution < -0.4 is 14.8 Å². The van der Waals surface area contributed by atoms with E-state index < -0.39 is 0 Å². The Morgan fingerprint density at radius 1 is 1.09 bits per heavy atom. The fourth-order valence-electron chi connectivity index (χ4n) is 3.07. The van der Waals surface area contributed by atoms with Crippen molar-refractivity contribution in [2.45, 2.75) is 18.5 Å². The lowest BCUT2D eigenvalue weighted by atomic mass is 9.86. The van der Waals surface area contributed by atoms with Gasteiger partial charge < -0.3 is 19.9 Å². The molecule has 0 saturated carbocycles. The van der Waals surface area contributed by atoms with Crippen LogP contribution in [0.5, 0.6) is 11.5 Å². The molecule has 4 heteroatoms. The lowest BCUT2D eigenvalue weighted by Crippen LogP contribution is -2.42. The number of benzene rings is 2. The largest absolute Gasteiger partial charge is 0.493 e. The first-order valence-corrected chi connectivity index (χ1v) is 7.43. The predicted molar refractivity (Wildman–Crippen MR) is 85.5 cm³/mol. The lowest BCUT2D eigenvalue weighted by Gasteiger charge is -2.33. The van der Waals surface area contributed by atoms with Crippen molar-refractivity contribution in [3.05, 3.63) is 59.2 Å². The van der Waals surface area contributed by atoms with Gasteiger partial charge in [0.1, 0.15) is 0 Å². The van der Waals surface area contributed by atoms with E-state index in [0.29, 0.717) is 0 Å². The highest BCUT2D eigenvalue weighted by Crippen LogP contribution is 2.38. The van der Waals surface area contributed by atoms with Gasteiger partial charge in [-0.3, -0.25) is 0 Å². The Labute approximate surface area is 130 Å². The maximum atomic E-state index is 9.59. The van der Waals surface area contributed by atoms with Gasteiger partial charge >= 0.3 is 0 Å². The summed E-state index contributed by atoms with van der Waals surface area (Å²) >= 11 is 0. The smallest absolute Gasteiger partial charge is 0.161 e. The lowest BCUT2D eigenvalue weighted by molar-refractivity contribution is 0.228. The summed E-state index contributed by atoms with van der Waals surface area (Å²) in [5, 5.41) is 13.1. The van der Waals surface area contributed by atoms with Crippen LogP contribution in [0, 0.1) is 0 Å². The molecule has 2 aromatic carbocycles. The molecule has 0 bridgehead atoms. The van der Waals surface area contributed by atoms with Crippen molar-refractivity contribution >= 4 is 0 Å². The number of fused-ring (bicyclic) bond motifs is 1. The Kier molecular flexibility index (Phi) is 4.32. The maximum Gasteiger partial charge on any atom is 0.161 e. The number of ether oxygens (including phenoxy) is 2. The molecule has 4 nitrogen and oxygen atoms in total. The molecule has 0 aromatic heterocycles. The highest BCUT2D eigenvalue weighted by Gasteiger charge is 2.28. The van der Waals surface area contributed by atoms with Crippen LogP contribution in [0.25, 0.3) is 0 Å². The number of methoxy groups -OCH3 is 2. The van der Waals surface area contributed by atoms with E-state index in [1.165, 1.54) is 16.7 Å². The first kappa shape index (κ1) is 14.9. The van der Waals surface area contributed by atoms with Gasteiger partial charge in [-0.05, 0) is 35.2 Å². The number of hydrogen-bond donors (Lipinski definition) is 2. The average molecular weight is 299 g/mol. The van der Waals surface area contributed by atoms with Crippen LogP contribution in [0.4, 0.5) is 0 Å². The predicted octanol–water partition coefficient (Wildman–Crippen LogP) is 2.30. The van der Waals surface area contributed by atoms with Crippen molar-refractivity contribution in [3.8, 4) is 11.5 Å². The molecule has 1 aliphatic rings. The fourth-order valence-corrected chi connectivity index (χ4v) is 3.07. The van der Waals surface area contributed by atoms with E-state index in [4.69, 9.17) is 9.47 Å². The fraction of sp³-hybridized carbons (Fsp3) is 0.333. The topological polar surface area (TPSA) is 50.7 Å². The van der Waals surface area contributed by atoms with E-state index in [-0.39, 0.29) is 18.7 Å².